The third-order valence-electron chi connectivity index (χ3n) is 3.57. The standard InChI is InChI=1S/C14H16BrN3/c1-18-7-3-6-13(18)14-16-9-12(17-14)10-4-2-5-11(15)8-10/h2,4-5,8-9,13H,3,6-7H2,1H3,(H,16,17)/t13-/m0/s1. The van der Waals surface area contributed by atoms with Gasteiger partial charge in [-0.05, 0) is 38.6 Å². The maximum absolute atomic E-state index is 4.54. The summed E-state index contributed by atoms with van der Waals surface area (Å²) in [5, 5.41) is 0. The summed E-state index contributed by atoms with van der Waals surface area (Å²) in [5.74, 6) is 1.09. The van der Waals surface area contributed by atoms with Crippen LogP contribution in [-0.2, 0) is 0 Å². The number of imidazole rings is 1. The van der Waals surface area contributed by atoms with Gasteiger partial charge in [-0.3, -0.25) is 4.90 Å². The molecule has 0 amide bonds. The lowest BCUT2D eigenvalue weighted by Crippen LogP contribution is -2.18. The lowest BCUT2D eigenvalue weighted by atomic mass is 10.2. The molecule has 0 radical (unpaired) electrons. The number of aromatic nitrogens is 2. The van der Waals surface area contributed by atoms with Crippen molar-refractivity contribution in [3.05, 3.63) is 40.8 Å². The summed E-state index contributed by atoms with van der Waals surface area (Å²) in [7, 11) is 2.17. The summed E-state index contributed by atoms with van der Waals surface area (Å²) in [5.41, 5.74) is 2.26. The van der Waals surface area contributed by atoms with E-state index in [2.05, 4.69) is 50.0 Å². The minimum absolute atomic E-state index is 0.450. The van der Waals surface area contributed by atoms with E-state index in [1.165, 1.54) is 18.4 Å². The Labute approximate surface area is 115 Å². The second kappa shape index (κ2) is 4.86. The average Bonchev–Trinajstić information content (AvgIpc) is 2.97. The van der Waals surface area contributed by atoms with E-state index < -0.39 is 0 Å². The molecular formula is C14H16BrN3. The number of H-pyrrole nitrogens is 1. The molecule has 1 fully saturated rings. The van der Waals surface area contributed by atoms with E-state index in [1.807, 2.05) is 18.3 Å². The molecule has 0 spiro atoms. The third-order valence-corrected chi connectivity index (χ3v) is 4.06. The minimum Gasteiger partial charge on any atom is -0.341 e. The van der Waals surface area contributed by atoms with Gasteiger partial charge in [-0.1, -0.05) is 28.1 Å². The monoisotopic (exact) mass is 305 g/mol. The molecule has 2 heterocycles. The molecule has 0 saturated carbocycles. The van der Waals surface area contributed by atoms with Crippen molar-refractivity contribution in [2.75, 3.05) is 13.6 Å². The molecule has 3 rings (SSSR count). The molecule has 1 atom stereocenters. The van der Waals surface area contributed by atoms with Gasteiger partial charge in [-0.2, -0.15) is 0 Å². The second-order valence-corrected chi connectivity index (χ2v) is 5.75. The molecule has 1 aromatic carbocycles. The van der Waals surface area contributed by atoms with Crippen LogP contribution in [-0.4, -0.2) is 28.5 Å². The van der Waals surface area contributed by atoms with Crippen LogP contribution in [0.3, 0.4) is 0 Å². The van der Waals surface area contributed by atoms with Crippen molar-refractivity contribution < 1.29 is 0 Å². The fourth-order valence-electron chi connectivity index (χ4n) is 2.56. The normalized spacial score (nSPS) is 20.4. The van der Waals surface area contributed by atoms with Crippen LogP contribution in [0.15, 0.2) is 34.9 Å². The van der Waals surface area contributed by atoms with Crippen LogP contribution in [0.4, 0.5) is 0 Å². The fraction of sp³-hybridized carbons (Fsp3) is 0.357. The van der Waals surface area contributed by atoms with Gasteiger partial charge in [0, 0.05) is 10.0 Å². The number of benzene rings is 1. The molecule has 18 heavy (non-hydrogen) atoms. The summed E-state index contributed by atoms with van der Waals surface area (Å²) in [4.78, 5) is 10.4. The molecule has 1 aliphatic rings. The van der Waals surface area contributed by atoms with Gasteiger partial charge in [0.25, 0.3) is 0 Å². The zero-order valence-corrected chi connectivity index (χ0v) is 11.9. The molecular weight excluding hydrogens is 290 g/mol. The first-order valence-electron chi connectivity index (χ1n) is 6.25. The molecule has 0 bridgehead atoms. The highest BCUT2D eigenvalue weighted by atomic mass is 79.9. The fourth-order valence-corrected chi connectivity index (χ4v) is 2.96. The van der Waals surface area contributed by atoms with Gasteiger partial charge in [0.1, 0.15) is 5.82 Å². The quantitative estimate of drug-likeness (QED) is 0.919. The van der Waals surface area contributed by atoms with Crippen LogP contribution in [0.25, 0.3) is 11.3 Å². The first-order valence-corrected chi connectivity index (χ1v) is 7.04. The summed E-state index contributed by atoms with van der Waals surface area (Å²) in [6.07, 6.45) is 4.39. The molecule has 1 saturated heterocycles. The number of hydrogen-bond donors (Lipinski definition) is 1. The van der Waals surface area contributed by atoms with Crippen LogP contribution in [0.2, 0.25) is 0 Å². The number of rotatable bonds is 2. The van der Waals surface area contributed by atoms with Gasteiger partial charge >= 0.3 is 0 Å². The highest BCUT2D eigenvalue weighted by Crippen LogP contribution is 2.30. The first-order chi connectivity index (χ1) is 8.74. The van der Waals surface area contributed by atoms with Crippen LogP contribution in [0.1, 0.15) is 24.7 Å². The highest BCUT2D eigenvalue weighted by Gasteiger charge is 2.24. The van der Waals surface area contributed by atoms with Crippen LogP contribution in [0, 0.1) is 0 Å². The molecule has 2 aromatic rings. The summed E-state index contributed by atoms with van der Waals surface area (Å²) in [6, 6.07) is 8.73. The van der Waals surface area contributed by atoms with Crippen molar-refractivity contribution >= 4 is 15.9 Å². The number of aromatic amines is 1. The topological polar surface area (TPSA) is 31.9 Å². The van der Waals surface area contributed by atoms with Gasteiger partial charge in [-0.15, -0.1) is 0 Å². The van der Waals surface area contributed by atoms with E-state index in [9.17, 15) is 0 Å². The third kappa shape index (κ3) is 2.22. The molecule has 94 valence electrons. The SMILES string of the molecule is CN1CCC[C@H]1c1ncc(-c2cccc(Br)c2)[nH]1. The zero-order chi connectivity index (χ0) is 12.5. The summed E-state index contributed by atoms with van der Waals surface area (Å²) >= 11 is 3.50. The van der Waals surface area contributed by atoms with E-state index in [0.29, 0.717) is 6.04 Å². The molecule has 0 aliphatic carbocycles. The van der Waals surface area contributed by atoms with Crippen molar-refractivity contribution in [1.82, 2.24) is 14.9 Å². The molecule has 1 aliphatic heterocycles. The smallest absolute Gasteiger partial charge is 0.123 e. The number of halogens is 1. The Kier molecular flexibility index (Phi) is 3.22. The lowest BCUT2D eigenvalue weighted by molar-refractivity contribution is 0.307. The maximum Gasteiger partial charge on any atom is 0.123 e. The predicted molar refractivity (Wildman–Crippen MR) is 76.3 cm³/mol. The van der Waals surface area contributed by atoms with E-state index in [0.717, 1.165) is 22.5 Å². The van der Waals surface area contributed by atoms with Gasteiger partial charge in [-0.25, -0.2) is 4.98 Å². The number of likely N-dealkylation sites (tertiary alicyclic amines) is 1. The van der Waals surface area contributed by atoms with Crippen LogP contribution < -0.4 is 0 Å². The highest BCUT2D eigenvalue weighted by molar-refractivity contribution is 9.10. The van der Waals surface area contributed by atoms with Crippen molar-refractivity contribution in [2.45, 2.75) is 18.9 Å². The van der Waals surface area contributed by atoms with Crippen molar-refractivity contribution in [3.63, 3.8) is 0 Å². The van der Waals surface area contributed by atoms with Crippen molar-refractivity contribution in [3.8, 4) is 11.3 Å². The number of nitrogens with zero attached hydrogens (tertiary/aromatic N) is 2. The zero-order valence-electron chi connectivity index (χ0n) is 10.4. The Morgan fingerprint density at radius 1 is 1.44 bits per heavy atom. The Bertz CT molecular complexity index is 549. The molecule has 1 N–H and O–H groups in total. The van der Waals surface area contributed by atoms with Crippen LogP contribution >= 0.6 is 15.9 Å². The van der Waals surface area contributed by atoms with E-state index in [-0.39, 0.29) is 0 Å². The molecule has 0 unspecified atom stereocenters. The Hall–Kier alpha value is -1.13. The molecule has 4 heteroatoms. The second-order valence-electron chi connectivity index (χ2n) is 4.83. The largest absolute Gasteiger partial charge is 0.341 e. The van der Waals surface area contributed by atoms with Gasteiger partial charge in [0.15, 0.2) is 0 Å². The Morgan fingerprint density at radius 3 is 3.06 bits per heavy atom. The number of hydrogen-bond acceptors (Lipinski definition) is 2. The molecule has 1 aromatic heterocycles. The summed E-state index contributed by atoms with van der Waals surface area (Å²) < 4.78 is 1.09. The van der Waals surface area contributed by atoms with E-state index in [1.54, 1.807) is 0 Å². The van der Waals surface area contributed by atoms with Crippen molar-refractivity contribution in [2.24, 2.45) is 0 Å². The minimum atomic E-state index is 0.450. The van der Waals surface area contributed by atoms with E-state index in [4.69, 9.17) is 0 Å². The van der Waals surface area contributed by atoms with Gasteiger partial charge in [0.05, 0.1) is 17.9 Å². The van der Waals surface area contributed by atoms with Crippen LogP contribution in [0.5, 0.6) is 0 Å². The maximum atomic E-state index is 4.54. The lowest BCUT2D eigenvalue weighted by Gasteiger charge is -2.16. The first kappa shape index (κ1) is 11.9. The molecule has 3 nitrogen and oxygen atoms in total. The van der Waals surface area contributed by atoms with Gasteiger partial charge in [0.2, 0.25) is 0 Å². The Balaban J connectivity index is 1.89. The summed E-state index contributed by atoms with van der Waals surface area (Å²) in [6.45, 7) is 1.16. The van der Waals surface area contributed by atoms with Gasteiger partial charge < -0.3 is 4.98 Å². The average molecular weight is 306 g/mol. The predicted octanol–water partition coefficient (Wildman–Crippen LogP) is 3.61. The van der Waals surface area contributed by atoms with Crippen molar-refractivity contribution in [1.29, 1.82) is 0 Å². The van der Waals surface area contributed by atoms with E-state index >= 15 is 0 Å². The Morgan fingerprint density at radius 2 is 2.33 bits per heavy atom. The number of nitrogens with one attached hydrogen (secondary N) is 1.